The summed E-state index contributed by atoms with van der Waals surface area (Å²) in [6.07, 6.45) is 1.80. The lowest BCUT2D eigenvalue weighted by molar-refractivity contribution is 0.683. The Balaban J connectivity index is 2.61. The van der Waals surface area contributed by atoms with Crippen LogP contribution in [0.15, 0.2) is 35.3 Å². The highest BCUT2D eigenvalue weighted by Gasteiger charge is 2.02. The number of halogens is 1. The van der Waals surface area contributed by atoms with Crippen molar-refractivity contribution < 1.29 is 0 Å². The van der Waals surface area contributed by atoms with E-state index in [2.05, 4.69) is 32.8 Å². The lowest BCUT2D eigenvalue weighted by atomic mass is 10.3. The van der Waals surface area contributed by atoms with E-state index in [-0.39, 0.29) is 0 Å². The minimum atomic E-state index is 0.693. The maximum atomic E-state index is 4.03. The zero-order chi connectivity index (χ0) is 9.26. The van der Waals surface area contributed by atoms with Crippen molar-refractivity contribution >= 4 is 27.0 Å². The summed E-state index contributed by atoms with van der Waals surface area (Å²) in [5.74, 6) is 0. The molecule has 0 bridgehead atoms. The molecule has 0 radical (unpaired) electrons. The van der Waals surface area contributed by atoms with E-state index in [4.69, 9.17) is 0 Å². The van der Waals surface area contributed by atoms with Crippen LogP contribution in [-0.2, 0) is 6.54 Å². The van der Waals surface area contributed by atoms with Gasteiger partial charge in [0.25, 0.3) is 0 Å². The SMILES string of the molecule is C=CCn1nnc2cc(Br)ccc21. The molecule has 0 saturated carbocycles. The fourth-order valence-electron chi connectivity index (χ4n) is 1.20. The molecule has 0 aliphatic rings. The molecule has 0 aliphatic heterocycles. The summed E-state index contributed by atoms with van der Waals surface area (Å²) in [6, 6.07) is 5.91. The van der Waals surface area contributed by atoms with Crippen molar-refractivity contribution in [3.8, 4) is 0 Å². The summed E-state index contributed by atoms with van der Waals surface area (Å²) < 4.78 is 2.83. The number of hydrogen-bond acceptors (Lipinski definition) is 2. The molecule has 0 atom stereocenters. The van der Waals surface area contributed by atoms with Gasteiger partial charge in [0.05, 0.1) is 12.1 Å². The van der Waals surface area contributed by atoms with Crippen molar-refractivity contribution in [1.29, 1.82) is 0 Å². The molecule has 13 heavy (non-hydrogen) atoms. The van der Waals surface area contributed by atoms with E-state index in [1.165, 1.54) is 0 Å². The van der Waals surface area contributed by atoms with Crippen LogP contribution in [-0.4, -0.2) is 15.0 Å². The van der Waals surface area contributed by atoms with Crippen LogP contribution in [0.4, 0.5) is 0 Å². The molecule has 1 heterocycles. The van der Waals surface area contributed by atoms with E-state index >= 15 is 0 Å². The number of hydrogen-bond donors (Lipinski definition) is 0. The predicted octanol–water partition coefficient (Wildman–Crippen LogP) is 2.38. The smallest absolute Gasteiger partial charge is 0.114 e. The standard InChI is InChI=1S/C9H8BrN3/c1-2-5-13-9-4-3-7(10)6-8(9)11-12-13/h2-4,6H,1,5H2. The molecule has 4 heteroatoms. The molecule has 2 aromatic rings. The highest BCUT2D eigenvalue weighted by molar-refractivity contribution is 9.10. The van der Waals surface area contributed by atoms with Gasteiger partial charge in [-0.1, -0.05) is 27.2 Å². The molecular weight excluding hydrogens is 230 g/mol. The van der Waals surface area contributed by atoms with Crippen LogP contribution >= 0.6 is 15.9 Å². The molecule has 2 rings (SSSR count). The molecule has 1 aromatic carbocycles. The average molecular weight is 238 g/mol. The summed E-state index contributed by atoms with van der Waals surface area (Å²) in [5.41, 5.74) is 1.93. The van der Waals surface area contributed by atoms with Gasteiger partial charge in [0.1, 0.15) is 5.52 Å². The quantitative estimate of drug-likeness (QED) is 0.752. The minimum Gasteiger partial charge on any atom is -0.241 e. The van der Waals surface area contributed by atoms with Gasteiger partial charge in [0, 0.05) is 4.47 Å². The lowest BCUT2D eigenvalue weighted by Crippen LogP contribution is -1.96. The monoisotopic (exact) mass is 237 g/mol. The Labute approximate surface area is 84.2 Å². The second-order valence-corrected chi connectivity index (χ2v) is 3.61. The molecule has 66 valence electrons. The van der Waals surface area contributed by atoms with Crippen LogP contribution in [0.5, 0.6) is 0 Å². The Morgan fingerprint density at radius 3 is 3.15 bits per heavy atom. The average Bonchev–Trinajstić information content (AvgIpc) is 2.49. The number of rotatable bonds is 2. The van der Waals surface area contributed by atoms with Gasteiger partial charge in [-0.15, -0.1) is 11.7 Å². The molecule has 0 aliphatic carbocycles. The molecule has 0 fully saturated rings. The maximum absolute atomic E-state index is 4.03. The molecule has 0 N–H and O–H groups in total. The van der Waals surface area contributed by atoms with Gasteiger partial charge in [0.15, 0.2) is 0 Å². The van der Waals surface area contributed by atoms with Crippen molar-refractivity contribution in [1.82, 2.24) is 15.0 Å². The third kappa shape index (κ3) is 1.49. The molecule has 1 aromatic heterocycles. The zero-order valence-electron chi connectivity index (χ0n) is 6.94. The molecule has 3 nitrogen and oxygen atoms in total. The Bertz CT molecular complexity index is 447. The number of aromatic nitrogens is 3. The van der Waals surface area contributed by atoms with Crippen LogP contribution in [0.25, 0.3) is 11.0 Å². The largest absolute Gasteiger partial charge is 0.241 e. The predicted molar refractivity (Wildman–Crippen MR) is 55.4 cm³/mol. The molecule has 0 saturated heterocycles. The maximum Gasteiger partial charge on any atom is 0.114 e. The van der Waals surface area contributed by atoms with Crippen molar-refractivity contribution in [2.24, 2.45) is 0 Å². The summed E-state index contributed by atoms with van der Waals surface area (Å²) in [4.78, 5) is 0. The summed E-state index contributed by atoms with van der Waals surface area (Å²) in [6.45, 7) is 4.35. The molecular formula is C9H8BrN3. The first-order valence-electron chi connectivity index (χ1n) is 3.91. The number of fused-ring (bicyclic) bond motifs is 1. The molecule has 0 amide bonds. The van der Waals surface area contributed by atoms with Gasteiger partial charge in [-0.3, -0.25) is 0 Å². The van der Waals surface area contributed by atoms with Crippen LogP contribution in [0, 0.1) is 0 Å². The van der Waals surface area contributed by atoms with E-state index in [0.29, 0.717) is 6.54 Å². The van der Waals surface area contributed by atoms with E-state index in [0.717, 1.165) is 15.5 Å². The third-order valence-electron chi connectivity index (χ3n) is 1.78. The summed E-state index contributed by atoms with van der Waals surface area (Å²) in [5, 5.41) is 8.03. The van der Waals surface area contributed by atoms with Gasteiger partial charge >= 0.3 is 0 Å². The summed E-state index contributed by atoms with van der Waals surface area (Å²) in [7, 11) is 0. The Kier molecular flexibility index (Phi) is 2.14. The highest BCUT2D eigenvalue weighted by atomic mass is 79.9. The van der Waals surface area contributed by atoms with Gasteiger partial charge in [-0.25, -0.2) is 4.68 Å². The molecule has 0 unspecified atom stereocenters. The highest BCUT2D eigenvalue weighted by Crippen LogP contribution is 2.17. The van der Waals surface area contributed by atoms with E-state index < -0.39 is 0 Å². The fraction of sp³-hybridized carbons (Fsp3) is 0.111. The van der Waals surface area contributed by atoms with E-state index in [9.17, 15) is 0 Å². The van der Waals surface area contributed by atoms with Crippen LogP contribution < -0.4 is 0 Å². The van der Waals surface area contributed by atoms with Gasteiger partial charge in [-0.05, 0) is 18.2 Å². The van der Waals surface area contributed by atoms with E-state index in [1.54, 1.807) is 6.08 Å². The van der Waals surface area contributed by atoms with Crippen LogP contribution in [0.1, 0.15) is 0 Å². The first kappa shape index (κ1) is 8.44. The first-order valence-corrected chi connectivity index (χ1v) is 4.70. The minimum absolute atomic E-state index is 0.693. The Morgan fingerprint density at radius 2 is 2.38 bits per heavy atom. The van der Waals surface area contributed by atoms with Crippen molar-refractivity contribution in [3.63, 3.8) is 0 Å². The van der Waals surface area contributed by atoms with Crippen molar-refractivity contribution in [2.45, 2.75) is 6.54 Å². The van der Waals surface area contributed by atoms with Crippen LogP contribution in [0.3, 0.4) is 0 Å². The second-order valence-electron chi connectivity index (χ2n) is 2.69. The Morgan fingerprint density at radius 1 is 1.54 bits per heavy atom. The fourth-order valence-corrected chi connectivity index (χ4v) is 1.55. The summed E-state index contributed by atoms with van der Waals surface area (Å²) >= 11 is 3.38. The number of allylic oxidation sites excluding steroid dienone is 1. The normalized spacial score (nSPS) is 10.5. The molecule has 0 spiro atoms. The van der Waals surface area contributed by atoms with Crippen LogP contribution in [0.2, 0.25) is 0 Å². The van der Waals surface area contributed by atoms with E-state index in [1.807, 2.05) is 22.9 Å². The zero-order valence-corrected chi connectivity index (χ0v) is 8.53. The van der Waals surface area contributed by atoms with Crippen molar-refractivity contribution in [3.05, 3.63) is 35.3 Å². The number of benzene rings is 1. The second kappa shape index (κ2) is 3.30. The van der Waals surface area contributed by atoms with Gasteiger partial charge in [-0.2, -0.15) is 0 Å². The number of nitrogens with zero attached hydrogens (tertiary/aromatic N) is 3. The van der Waals surface area contributed by atoms with Gasteiger partial charge in [0.2, 0.25) is 0 Å². The Hall–Kier alpha value is -1.16. The van der Waals surface area contributed by atoms with Crippen molar-refractivity contribution in [2.75, 3.05) is 0 Å². The lowest BCUT2D eigenvalue weighted by Gasteiger charge is -1.95. The third-order valence-corrected chi connectivity index (χ3v) is 2.27. The van der Waals surface area contributed by atoms with Gasteiger partial charge < -0.3 is 0 Å². The topological polar surface area (TPSA) is 30.7 Å². The first-order chi connectivity index (χ1) is 6.31.